The smallest absolute Gasteiger partial charge is 0.00446 e. The van der Waals surface area contributed by atoms with Crippen LogP contribution in [0, 0.1) is 0 Å². The molecule has 0 heterocycles. The highest BCUT2D eigenvalue weighted by atomic mass is 32.3. The molecule has 12 heavy (non-hydrogen) atoms. The summed E-state index contributed by atoms with van der Waals surface area (Å²) in [6.45, 7) is 8.28. The van der Waals surface area contributed by atoms with Crippen molar-refractivity contribution in [2.45, 2.75) is 27.2 Å². The Morgan fingerprint density at radius 1 is 1.00 bits per heavy atom. The summed E-state index contributed by atoms with van der Waals surface area (Å²) in [6, 6.07) is 0. The van der Waals surface area contributed by atoms with Crippen LogP contribution in [-0.2, 0) is 0 Å². The van der Waals surface area contributed by atoms with Crippen LogP contribution in [-0.4, -0.2) is 36.6 Å². The molecule has 0 aromatic rings. The van der Waals surface area contributed by atoms with E-state index in [1.54, 1.807) is 0 Å². The van der Waals surface area contributed by atoms with Gasteiger partial charge in [-0.25, -0.2) is 10.0 Å². The highest BCUT2D eigenvalue weighted by molar-refractivity contribution is 8.33. The van der Waals surface area contributed by atoms with Crippen molar-refractivity contribution in [3.63, 3.8) is 0 Å². The quantitative estimate of drug-likeness (QED) is 0.610. The average Bonchev–Trinajstić information content (AvgIpc) is 2.14. The average molecular weight is 191 g/mol. The predicted octanol–water partition coefficient (Wildman–Crippen LogP) is 2.46. The monoisotopic (exact) mass is 191 g/mol. The predicted molar refractivity (Wildman–Crippen MR) is 62.6 cm³/mol. The summed E-state index contributed by atoms with van der Waals surface area (Å²) in [7, 11) is 1.82. The Bertz CT molecular complexity index is 91.7. The van der Waals surface area contributed by atoms with E-state index in [1.807, 2.05) is 7.05 Å². The van der Waals surface area contributed by atoms with Gasteiger partial charge in [0.2, 0.25) is 0 Å². The van der Waals surface area contributed by atoms with Crippen LogP contribution in [0.15, 0.2) is 0 Å². The maximum Gasteiger partial charge on any atom is -0.00446 e. The van der Waals surface area contributed by atoms with Gasteiger partial charge in [0.15, 0.2) is 0 Å². The third kappa shape index (κ3) is 3.81. The van der Waals surface area contributed by atoms with Crippen molar-refractivity contribution in [3.05, 3.63) is 0 Å². The molecule has 1 N–H and O–H groups in total. The molecule has 0 atom stereocenters. The van der Waals surface area contributed by atoms with Gasteiger partial charge in [0.05, 0.1) is 0 Å². The van der Waals surface area contributed by atoms with E-state index in [4.69, 9.17) is 0 Å². The summed E-state index contributed by atoms with van der Waals surface area (Å²) >= 11 is 0. The third-order valence-corrected chi connectivity index (χ3v) is 7.67. The van der Waals surface area contributed by atoms with Crippen molar-refractivity contribution < 1.29 is 0 Å². The molecule has 0 rings (SSSR count). The van der Waals surface area contributed by atoms with Gasteiger partial charge in [0.25, 0.3) is 0 Å². The summed E-state index contributed by atoms with van der Waals surface area (Å²) < 4.78 is 0. The van der Waals surface area contributed by atoms with Crippen LogP contribution >= 0.6 is 10.0 Å². The Labute approximate surface area is 79.6 Å². The van der Waals surface area contributed by atoms with E-state index >= 15 is 0 Å². The van der Waals surface area contributed by atoms with Crippen LogP contribution in [0.2, 0.25) is 0 Å². The normalized spacial score (nSPS) is 13.3. The van der Waals surface area contributed by atoms with Gasteiger partial charge < -0.3 is 5.32 Å². The molecule has 0 saturated heterocycles. The molecule has 1 nitrogen and oxygen atoms in total. The molecule has 0 spiro atoms. The zero-order valence-corrected chi connectivity index (χ0v) is 9.97. The van der Waals surface area contributed by atoms with E-state index in [0.29, 0.717) is 0 Å². The number of hydrogen-bond acceptors (Lipinski definition) is 1. The molecule has 0 aromatic carbocycles. The van der Waals surface area contributed by atoms with Crippen molar-refractivity contribution in [2.24, 2.45) is 0 Å². The highest BCUT2D eigenvalue weighted by Crippen LogP contribution is 2.46. The first kappa shape index (κ1) is 12.3. The van der Waals surface area contributed by atoms with Crippen molar-refractivity contribution in [2.75, 3.05) is 36.6 Å². The Morgan fingerprint density at radius 2 is 1.50 bits per heavy atom. The molecule has 0 radical (unpaired) electrons. The van der Waals surface area contributed by atoms with E-state index in [2.05, 4.69) is 26.1 Å². The van der Waals surface area contributed by atoms with Gasteiger partial charge in [-0.3, -0.25) is 0 Å². The SMILES string of the molecule is CCS(CC)(CC)CCCNC. The number of hydrogen-bond donors (Lipinski definition) is 1. The van der Waals surface area contributed by atoms with Crippen LogP contribution in [0.4, 0.5) is 0 Å². The lowest BCUT2D eigenvalue weighted by atomic mass is 10.5. The summed E-state index contributed by atoms with van der Waals surface area (Å²) in [5.41, 5.74) is 0. The van der Waals surface area contributed by atoms with Crippen LogP contribution in [0.3, 0.4) is 0 Å². The second-order valence-corrected chi connectivity index (χ2v) is 7.84. The summed E-state index contributed by atoms with van der Waals surface area (Å²) in [6.07, 6.45) is 1.36. The van der Waals surface area contributed by atoms with Gasteiger partial charge in [-0.1, -0.05) is 20.8 Å². The fourth-order valence-electron chi connectivity index (χ4n) is 1.60. The van der Waals surface area contributed by atoms with Crippen molar-refractivity contribution >= 4 is 10.0 Å². The lowest BCUT2D eigenvalue weighted by molar-refractivity contribution is 0.775. The fourth-order valence-corrected chi connectivity index (χ4v) is 4.45. The molecule has 0 fully saturated rings. The van der Waals surface area contributed by atoms with Gasteiger partial charge in [-0.05, 0) is 43.0 Å². The zero-order valence-electron chi connectivity index (χ0n) is 9.15. The lowest BCUT2D eigenvalue weighted by Crippen LogP contribution is -2.17. The first-order valence-electron chi connectivity index (χ1n) is 5.13. The topological polar surface area (TPSA) is 12.0 Å². The van der Waals surface area contributed by atoms with Crippen molar-refractivity contribution in [1.82, 2.24) is 5.32 Å². The standard InChI is InChI=1S/C10H25NS/c1-5-12(6-2,7-3)10-8-9-11-4/h11H,5-10H2,1-4H3. The summed E-state index contributed by atoms with van der Waals surface area (Å²) in [5, 5.41) is 3.23. The Balaban J connectivity index is 3.76. The van der Waals surface area contributed by atoms with E-state index in [9.17, 15) is 0 Å². The Hall–Kier alpha value is 0.310. The zero-order chi connectivity index (χ0) is 9.45. The van der Waals surface area contributed by atoms with Gasteiger partial charge in [-0.15, -0.1) is 0 Å². The number of nitrogens with one attached hydrogen (secondary N) is 1. The van der Waals surface area contributed by atoms with Crippen LogP contribution in [0.25, 0.3) is 0 Å². The highest BCUT2D eigenvalue weighted by Gasteiger charge is 2.16. The largest absolute Gasteiger partial charge is 0.320 e. The number of rotatable bonds is 7. The Morgan fingerprint density at radius 3 is 1.83 bits per heavy atom. The van der Waals surface area contributed by atoms with E-state index in [1.165, 1.54) is 36.0 Å². The molecule has 0 amide bonds. The van der Waals surface area contributed by atoms with E-state index < -0.39 is 0 Å². The van der Waals surface area contributed by atoms with E-state index in [-0.39, 0.29) is 10.0 Å². The summed E-state index contributed by atoms with van der Waals surface area (Å²) in [5.74, 6) is 5.73. The molecule has 0 aliphatic carbocycles. The second-order valence-electron chi connectivity index (χ2n) is 3.25. The van der Waals surface area contributed by atoms with Crippen LogP contribution in [0.5, 0.6) is 0 Å². The van der Waals surface area contributed by atoms with Gasteiger partial charge in [0.1, 0.15) is 0 Å². The lowest BCUT2D eigenvalue weighted by Gasteiger charge is -2.37. The maximum absolute atomic E-state index is 3.23. The van der Waals surface area contributed by atoms with Crippen molar-refractivity contribution in [3.8, 4) is 0 Å². The molecule has 0 aromatic heterocycles. The first-order valence-corrected chi connectivity index (χ1v) is 7.44. The molecular weight excluding hydrogens is 166 g/mol. The molecule has 0 bridgehead atoms. The van der Waals surface area contributed by atoms with Crippen LogP contribution < -0.4 is 5.32 Å². The minimum atomic E-state index is -0.222. The fraction of sp³-hybridized carbons (Fsp3) is 1.00. The molecular formula is C10H25NS. The van der Waals surface area contributed by atoms with E-state index in [0.717, 1.165) is 0 Å². The molecule has 0 saturated carbocycles. The minimum absolute atomic E-state index is 0.222. The summed E-state index contributed by atoms with van der Waals surface area (Å²) in [4.78, 5) is 0. The second kappa shape index (κ2) is 6.79. The molecule has 0 aliphatic rings. The molecule has 0 aliphatic heterocycles. The van der Waals surface area contributed by atoms with Gasteiger partial charge >= 0.3 is 0 Å². The Kier molecular flexibility index (Phi) is 6.96. The van der Waals surface area contributed by atoms with Crippen LogP contribution in [0.1, 0.15) is 27.2 Å². The third-order valence-electron chi connectivity index (χ3n) is 2.84. The molecule has 0 unspecified atom stereocenters. The van der Waals surface area contributed by atoms with Crippen molar-refractivity contribution in [1.29, 1.82) is 0 Å². The first-order chi connectivity index (χ1) is 5.74. The minimum Gasteiger partial charge on any atom is -0.320 e. The molecule has 76 valence electrons. The maximum atomic E-state index is 3.23. The van der Waals surface area contributed by atoms with Gasteiger partial charge in [0, 0.05) is 0 Å². The van der Waals surface area contributed by atoms with Gasteiger partial charge in [-0.2, -0.15) is 0 Å². The molecule has 2 heteroatoms.